The van der Waals surface area contributed by atoms with Crippen LogP contribution in [0, 0.1) is 0 Å². The van der Waals surface area contributed by atoms with Crippen molar-refractivity contribution in [1.29, 1.82) is 0 Å². The molecule has 0 unspecified atom stereocenters. The van der Waals surface area contributed by atoms with Crippen molar-refractivity contribution in [2.45, 2.75) is 19.8 Å². The van der Waals surface area contributed by atoms with Crippen LogP contribution in [0.5, 0.6) is 0 Å². The third-order valence-electron chi connectivity index (χ3n) is 1.55. The zero-order valence-electron chi connectivity index (χ0n) is 7.63. The molecule has 1 aromatic heterocycles. The van der Waals surface area contributed by atoms with Gasteiger partial charge in [0.25, 0.3) is 0 Å². The molecule has 0 atom stereocenters. The van der Waals surface area contributed by atoms with Crippen LogP contribution in [0.1, 0.15) is 19.8 Å². The van der Waals surface area contributed by atoms with Crippen LogP contribution in [0.2, 0.25) is 0 Å². The Bertz CT molecular complexity index is 245. The summed E-state index contributed by atoms with van der Waals surface area (Å²) in [5.41, 5.74) is 0. The molecule has 0 fully saturated rings. The van der Waals surface area contributed by atoms with Crippen LogP contribution in [0.4, 0.5) is 10.7 Å². The van der Waals surface area contributed by atoms with E-state index in [1.807, 2.05) is 0 Å². The van der Waals surface area contributed by atoms with Crippen molar-refractivity contribution in [1.82, 2.24) is 15.3 Å². The number of hydrogen-bond acceptors (Lipinski definition) is 2. The molecule has 2 amide bonds. The second-order valence-electron chi connectivity index (χ2n) is 2.67. The fourth-order valence-corrected chi connectivity index (χ4v) is 0.864. The van der Waals surface area contributed by atoms with E-state index in [0.29, 0.717) is 12.5 Å². The molecule has 13 heavy (non-hydrogen) atoms. The highest BCUT2D eigenvalue weighted by Crippen LogP contribution is 1.93. The lowest BCUT2D eigenvalue weighted by atomic mass is 10.3. The van der Waals surface area contributed by atoms with E-state index in [4.69, 9.17) is 0 Å². The summed E-state index contributed by atoms with van der Waals surface area (Å²) in [6, 6.07) is -0.219. The number of nitrogens with zero attached hydrogens (tertiary/aromatic N) is 1. The lowest BCUT2D eigenvalue weighted by Crippen LogP contribution is -2.29. The van der Waals surface area contributed by atoms with E-state index >= 15 is 0 Å². The van der Waals surface area contributed by atoms with Gasteiger partial charge >= 0.3 is 6.03 Å². The summed E-state index contributed by atoms with van der Waals surface area (Å²) in [5, 5.41) is 5.28. The highest BCUT2D eigenvalue weighted by molar-refractivity contribution is 5.87. The van der Waals surface area contributed by atoms with Crippen molar-refractivity contribution in [2.75, 3.05) is 11.9 Å². The predicted molar refractivity (Wildman–Crippen MR) is 50.5 cm³/mol. The van der Waals surface area contributed by atoms with Gasteiger partial charge in [0, 0.05) is 18.9 Å². The third-order valence-corrected chi connectivity index (χ3v) is 1.55. The quantitative estimate of drug-likeness (QED) is 0.615. The van der Waals surface area contributed by atoms with Gasteiger partial charge in [0.15, 0.2) is 0 Å². The van der Waals surface area contributed by atoms with Crippen LogP contribution in [0.25, 0.3) is 0 Å². The Labute approximate surface area is 76.9 Å². The SMILES string of the molecule is CCCCNC(=O)Nc1ncc[nH]1. The molecule has 1 rings (SSSR count). The molecule has 0 radical (unpaired) electrons. The molecule has 0 aliphatic heterocycles. The van der Waals surface area contributed by atoms with Crippen LogP contribution in [-0.2, 0) is 0 Å². The number of nitrogens with one attached hydrogen (secondary N) is 3. The van der Waals surface area contributed by atoms with Crippen molar-refractivity contribution in [2.24, 2.45) is 0 Å². The number of unbranched alkanes of at least 4 members (excludes halogenated alkanes) is 1. The minimum atomic E-state index is -0.219. The first-order valence-electron chi connectivity index (χ1n) is 4.37. The third kappa shape index (κ3) is 3.59. The van der Waals surface area contributed by atoms with Gasteiger partial charge in [-0.1, -0.05) is 13.3 Å². The van der Waals surface area contributed by atoms with E-state index in [2.05, 4.69) is 27.5 Å². The molecule has 5 nitrogen and oxygen atoms in total. The zero-order chi connectivity index (χ0) is 9.52. The van der Waals surface area contributed by atoms with Gasteiger partial charge in [-0.15, -0.1) is 0 Å². The highest BCUT2D eigenvalue weighted by Gasteiger charge is 2.00. The molecule has 3 N–H and O–H groups in total. The molecule has 0 bridgehead atoms. The smallest absolute Gasteiger partial charge is 0.321 e. The molecule has 72 valence electrons. The summed E-state index contributed by atoms with van der Waals surface area (Å²) in [4.78, 5) is 17.7. The van der Waals surface area contributed by atoms with Crippen LogP contribution in [0.3, 0.4) is 0 Å². The van der Waals surface area contributed by atoms with Crippen LogP contribution in [-0.4, -0.2) is 22.5 Å². The lowest BCUT2D eigenvalue weighted by molar-refractivity contribution is 0.252. The van der Waals surface area contributed by atoms with Crippen molar-refractivity contribution in [3.05, 3.63) is 12.4 Å². The van der Waals surface area contributed by atoms with Crippen molar-refractivity contribution in [3.8, 4) is 0 Å². The summed E-state index contributed by atoms with van der Waals surface area (Å²) in [5.74, 6) is 0.467. The first kappa shape index (κ1) is 9.57. The van der Waals surface area contributed by atoms with Crippen molar-refractivity contribution < 1.29 is 4.79 Å². The number of carbonyl (C=O) groups is 1. The minimum absolute atomic E-state index is 0.219. The number of anilines is 1. The largest absolute Gasteiger partial charge is 0.338 e. The average Bonchev–Trinajstić information content (AvgIpc) is 2.57. The molecule has 5 heteroatoms. The van der Waals surface area contributed by atoms with E-state index < -0.39 is 0 Å². The van der Waals surface area contributed by atoms with Gasteiger partial charge in [-0.05, 0) is 6.42 Å². The number of amides is 2. The van der Waals surface area contributed by atoms with Crippen LogP contribution < -0.4 is 10.6 Å². The predicted octanol–water partition coefficient (Wildman–Crippen LogP) is 1.33. The molecular weight excluding hydrogens is 168 g/mol. The Morgan fingerprint density at radius 2 is 2.54 bits per heavy atom. The summed E-state index contributed by atoms with van der Waals surface area (Å²) in [6.07, 6.45) is 5.30. The van der Waals surface area contributed by atoms with E-state index in [0.717, 1.165) is 12.8 Å². The summed E-state index contributed by atoms with van der Waals surface area (Å²) in [6.45, 7) is 2.77. The molecule has 0 saturated heterocycles. The van der Waals surface area contributed by atoms with Gasteiger partial charge in [0.05, 0.1) is 0 Å². The number of carbonyl (C=O) groups excluding carboxylic acids is 1. The number of aromatic amines is 1. The number of aromatic nitrogens is 2. The number of imidazole rings is 1. The van der Waals surface area contributed by atoms with Gasteiger partial charge in [-0.2, -0.15) is 0 Å². The van der Waals surface area contributed by atoms with Gasteiger partial charge in [-0.25, -0.2) is 9.78 Å². The first-order chi connectivity index (χ1) is 6.33. The van der Waals surface area contributed by atoms with Gasteiger partial charge in [0.1, 0.15) is 0 Å². The fraction of sp³-hybridized carbons (Fsp3) is 0.500. The Kier molecular flexibility index (Phi) is 3.81. The molecule has 0 aromatic carbocycles. The number of rotatable bonds is 4. The Hall–Kier alpha value is -1.52. The molecule has 1 aromatic rings. The molecule has 0 aliphatic rings. The Balaban J connectivity index is 2.18. The van der Waals surface area contributed by atoms with Crippen LogP contribution in [0.15, 0.2) is 12.4 Å². The maximum Gasteiger partial charge on any atom is 0.321 e. The topological polar surface area (TPSA) is 69.8 Å². The maximum absolute atomic E-state index is 11.1. The highest BCUT2D eigenvalue weighted by atomic mass is 16.2. The molecule has 1 heterocycles. The average molecular weight is 182 g/mol. The monoisotopic (exact) mass is 182 g/mol. The fourth-order valence-electron chi connectivity index (χ4n) is 0.864. The Morgan fingerprint density at radius 3 is 3.15 bits per heavy atom. The standard InChI is InChI=1S/C8H14N4O/c1-2-3-4-11-8(13)12-7-9-5-6-10-7/h5-6H,2-4H2,1H3,(H3,9,10,11,12,13). The number of urea groups is 1. The second kappa shape index (κ2) is 5.18. The molecular formula is C8H14N4O. The number of H-pyrrole nitrogens is 1. The summed E-state index contributed by atoms with van der Waals surface area (Å²) in [7, 11) is 0. The minimum Gasteiger partial charge on any atom is -0.338 e. The Morgan fingerprint density at radius 1 is 1.69 bits per heavy atom. The van der Waals surface area contributed by atoms with E-state index in [1.165, 1.54) is 0 Å². The van der Waals surface area contributed by atoms with E-state index in [1.54, 1.807) is 12.4 Å². The van der Waals surface area contributed by atoms with Crippen molar-refractivity contribution in [3.63, 3.8) is 0 Å². The zero-order valence-corrected chi connectivity index (χ0v) is 7.63. The van der Waals surface area contributed by atoms with Gasteiger partial charge < -0.3 is 10.3 Å². The molecule has 0 spiro atoms. The summed E-state index contributed by atoms with van der Waals surface area (Å²) < 4.78 is 0. The number of hydrogen-bond donors (Lipinski definition) is 3. The molecule has 0 saturated carbocycles. The maximum atomic E-state index is 11.1. The van der Waals surface area contributed by atoms with E-state index in [9.17, 15) is 4.79 Å². The summed E-state index contributed by atoms with van der Waals surface area (Å²) >= 11 is 0. The lowest BCUT2D eigenvalue weighted by Gasteiger charge is -2.03. The van der Waals surface area contributed by atoms with Crippen LogP contribution >= 0.6 is 0 Å². The second-order valence-corrected chi connectivity index (χ2v) is 2.67. The van der Waals surface area contributed by atoms with Gasteiger partial charge in [0.2, 0.25) is 5.95 Å². The van der Waals surface area contributed by atoms with Gasteiger partial charge in [-0.3, -0.25) is 5.32 Å². The van der Waals surface area contributed by atoms with E-state index in [-0.39, 0.29) is 6.03 Å². The van der Waals surface area contributed by atoms with Crippen molar-refractivity contribution >= 4 is 12.0 Å². The normalized spacial score (nSPS) is 9.62. The first-order valence-corrected chi connectivity index (χ1v) is 4.37. The molecule has 0 aliphatic carbocycles.